The van der Waals surface area contributed by atoms with Gasteiger partial charge >= 0.3 is 0 Å². The lowest BCUT2D eigenvalue weighted by atomic mass is 10.0. The quantitative estimate of drug-likeness (QED) is 0.651. The summed E-state index contributed by atoms with van der Waals surface area (Å²) in [5.74, 6) is 0. The Bertz CT molecular complexity index is 979. The van der Waals surface area contributed by atoms with Crippen LogP contribution >= 0.6 is 12.4 Å². The maximum Gasteiger partial charge on any atom is 0.265 e. The van der Waals surface area contributed by atoms with Gasteiger partial charge in [-0.3, -0.25) is 9.20 Å². The van der Waals surface area contributed by atoms with Gasteiger partial charge < -0.3 is 9.64 Å². The Morgan fingerprint density at radius 2 is 1.82 bits per heavy atom. The molecule has 6 heteroatoms. The molecule has 0 atom stereocenters. The van der Waals surface area contributed by atoms with E-state index >= 15 is 0 Å². The van der Waals surface area contributed by atoms with Crippen LogP contribution in [0.1, 0.15) is 25.5 Å². The van der Waals surface area contributed by atoms with Crippen molar-refractivity contribution in [3.05, 3.63) is 64.7 Å². The van der Waals surface area contributed by atoms with E-state index in [9.17, 15) is 4.79 Å². The van der Waals surface area contributed by atoms with Crippen molar-refractivity contribution in [2.75, 3.05) is 31.2 Å². The number of nitrogens with zero attached hydrogens (tertiary/aromatic N) is 3. The van der Waals surface area contributed by atoms with Crippen LogP contribution in [0.15, 0.2) is 53.5 Å². The Hall–Kier alpha value is -2.37. The molecule has 5 nitrogen and oxygen atoms in total. The van der Waals surface area contributed by atoms with E-state index < -0.39 is 0 Å². The van der Waals surface area contributed by atoms with Crippen molar-refractivity contribution < 1.29 is 4.74 Å². The van der Waals surface area contributed by atoms with Gasteiger partial charge in [-0.25, -0.2) is 4.98 Å². The highest BCUT2D eigenvalue weighted by atomic mass is 35.5. The molecular weight excluding hydrogens is 374 g/mol. The molecule has 1 aromatic carbocycles. The number of unbranched alkanes of at least 4 members (excludes halogenated alkanes) is 1. The van der Waals surface area contributed by atoms with Crippen molar-refractivity contribution >= 4 is 23.7 Å². The number of fused-ring (bicyclic) bond motifs is 1. The molecule has 0 spiro atoms. The normalized spacial score (nSPS) is 14.1. The molecule has 4 rings (SSSR count). The van der Waals surface area contributed by atoms with Gasteiger partial charge in [0.05, 0.1) is 24.5 Å². The highest BCUT2D eigenvalue weighted by molar-refractivity contribution is 5.85. The first kappa shape index (κ1) is 20.4. The number of halogens is 1. The molecule has 0 amide bonds. The van der Waals surface area contributed by atoms with Crippen LogP contribution in [0, 0.1) is 0 Å². The Morgan fingerprint density at radius 1 is 1.07 bits per heavy atom. The number of benzene rings is 1. The number of ether oxygens (including phenoxy) is 1. The molecular formula is C22H26ClN3O2. The van der Waals surface area contributed by atoms with Gasteiger partial charge in [0, 0.05) is 25.0 Å². The van der Waals surface area contributed by atoms with Gasteiger partial charge in [0.25, 0.3) is 5.56 Å². The maximum absolute atomic E-state index is 13.2. The summed E-state index contributed by atoms with van der Waals surface area (Å²) in [7, 11) is 0. The average Bonchev–Trinajstić information content (AvgIpc) is 2.73. The van der Waals surface area contributed by atoms with Crippen LogP contribution in [-0.4, -0.2) is 35.7 Å². The van der Waals surface area contributed by atoms with Crippen molar-refractivity contribution in [3.8, 4) is 11.1 Å². The minimum absolute atomic E-state index is 0. The third kappa shape index (κ3) is 4.05. The van der Waals surface area contributed by atoms with Crippen LogP contribution < -0.4 is 10.5 Å². The molecule has 0 saturated carbocycles. The van der Waals surface area contributed by atoms with Gasteiger partial charge in [0.2, 0.25) is 0 Å². The van der Waals surface area contributed by atoms with Crippen molar-refractivity contribution in [1.82, 2.24) is 9.38 Å². The Labute approximate surface area is 171 Å². The van der Waals surface area contributed by atoms with Crippen molar-refractivity contribution in [3.63, 3.8) is 0 Å². The first-order chi connectivity index (χ1) is 13.3. The number of hydrogen-bond acceptors (Lipinski definition) is 4. The fourth-order valence-corrected chi connectivity index (χ4v) is 3.61. The maximum atomic E-state index is 13.2. The molecule has 28 heavy (non-hydrogen) atoms. The van der Waals surface area contributed by atoms with Crippen molar-refractivity contribution in [2.45, 2.75) is 26.2 Å². The van der Waals surface area contributed by atoms with E-state index in [4.69, 9.17) is 9.72 Å². The van der Waals surface area contributed by atoms with Crippen LogP contribution in [0.25, 0.3) is 16.8 Å². The smallest absolute Gasteiger partial charge is 0.265 e. The molecule has 3 aromatic rings. The molecule has 148 valence electrons. The molecule has 1 saturated heterocycles. The lowest BCUT2D eigenvalue weighted by Crippen LogP contribution is -2.36. The van der Waals surface area contributed by atoms with Gasteiger partial charge in [-0.05, 0) is 42.7 Å². The molecule has 1 aliphatic rings. The Balaban J connectivity index is 0.00000225. The molecule has 0 aliphatic carbocycles. The minimum atomic E-state index is 0. The lowest BCUT2D eigenvalue weighted by Gasteiger charge is -2.29. The van der Waals surface area contributed by atoms with Gasteiger partial charge in [-0.15, -0.1) is 12.4 Å². The Morgan fingerprint density at radius 3 is 2.54 bits per heavy atom. The second-order valence-electron chi connectivity index (χ2n) is 6.92. The van der Waals surface area contributed by atoms with E-state index in [1.165, 1.54) is 5.69 Å². The van der Waals surface area contributed by atoms with Gasteiger partial charge in [-0.1, -0.05) is 31.5 Å². The van der Waals surface area contributed by atoms with E-state index in [0.29, 0.717) is 5.65 Å². The van der Waals surface area contributed by atoms with Crippen LogP contribution in [0.4, 0.5) is 5.69 Å². The van der Waals surface area contributed by atoms with E-state index in [-0.39, 0.29) is 18.0 Å². The van der Waals surface area contributed by atoms with Crippen LogP contribution in [-0.2, 0) is 11.2 Å². The summed E-state index contributed by atoms with van der Waals surface area (Å²) in [6.45, 7) is 5.49. The number of morpholine rings is 1. The second kappa shape index (κ2) is 9.22. The number of aromatic nitrogens is 2. The summed E-state index contributed by atoms with van der Waals surface area (Å²) >= 11 is 0. The predicted molar refractivity (Wildman–Crippen MR) is 116 cm³/mol. The summed E-state index contributed by atoms with van der Waals surface area (Å²) < 4.78 is 7.07. The largest absolute Gasteiger partial charge is 0.378 e. The van der Waals surface area contributed by atoms with E-state index in [0.717, 1.165) is 62.4 Å². The molecule has 1 fully saturated rings. The van der Waals surface area contributed by atoms with Crippen molar-refractivity contribution in [2.24, 2.45) is 0 Å². The number of aryl methyl sites for hydroxylation is 1. The summed E-state index contributed by atoms with van der Waals surface area (Å²) in [5.41, 5.74) is 4.45. The first-order valence-electron chi connectivity index (χ1n) is 9.71. The zero-order chi connectivity index (χ0) is 18.6. The number of hydrogen-bond donors (Lipinski definition) is 0. The zero-order valence-electron chi connectivity index (χ0n) is 16.1. The monoisotopic (exact) mass is 399 g/mol. The molecule has 2 aromatic heterocycles. The zero-order valence-corrected chi connectivity index (χ0v) is 17.0. The summed E-state index contributed by atoms with van der Waals surface area (Å²) in [5, 5.41) is 0. The van der Waals surface area contributed by atoms with Crippen LogP contribution in [0.2, 0.25) is 0 Å². The van der Waals surface area contributed by atoms with Crippen LogP contribution in [0.3, 0.4) is 0 Å². The third-order valence-corrected chi connectivity index (χ3v) is 5.11. The second-order valence-corrected chi connectivity index (χ2v) is 6.92. The third-order valence-electron chi connectivity index (χ3n) is 5.11. The highest BCUT2D eigenvalue weighted by Gasteiger charge is 2.16. The van der Waals surface area contributed by atoms with E-state index in [2.05, 4.69) is 24.0 Å². The SMILES string of the molecule is CCCCc1nc2ccccn2c(=O)c1-c1ccc(N2CCOCC2)cc1.Cl. The molecule has 0 unspecified atom stereocenters. The minimum Gasteiger partial charge on any atom is -0.378 e. The number of rotatable bonds is 5. The first-order valence-corrected chi connectivity index (χ1v) is 9.71. The van der Waals surface area contributed by atoms with E-state index in [1.807, 2.05) is 30.3 Å². The van der Waals surface area contributed by atoms with Gasteiger partial charge in [-0.2, -0.15) is 0 Å². The Kier molecular flexibility index (Phi) is 6.70. The van der Waals surface area contributed by atoms with Gasteiger partial charge in [0.15, 0.2) is 0 Å². The average molecular weight is 400 g/mol. The van der Waals surface area contributed by atoms with Gasteiger partial charge in [0.1, 0.15) is 5.65 Å². The fourth-order valence-electron chi connectivity index (χ4n) is 3.61. The predicted octanol–water partition coefficient (Wildman–Crippen LogP) is 3.96. The summed E-state index contributed by atoms with van der Waals surface area (Å²) in [4.78, 5) is 20.3. The molecule has 1 aliphatic heterocycles. The topological polar surface area (TPSA) is 46.8 Å². The summed E-state index contributed by atoms with van der Waals surface area (Å²) in [6, 6.07) is 14.0. The fraction of sp³-hybridized carbons (Fsp3) is 0.364. The van der Waals surface area contributed by atoms with Crippen molar-refractivity contribution in [1.29, 1.82) is 0 Å². The molecule has 0 radical (unpaired) electrons. The van der Waals surface area contributed by atoms with E-state index in [1.54, 1.807) is 10.6 Å². The molecule has 3 heterocycles. The molecule has 0 bridgehead atoms. The lowest BCUT2D eigenvalue weighted by molar-refractivity contribution is 0.122. The molecule has 0 N–H and O–H groups in total. The highest BCUT2D eigenvalue weighted by Crippen LogP contribution is 2.25. The standard InChI is InChI=1S/C22H25N3O2.ClH/c1-2-3-6-19-21(22(26)25-12-5-4-7-20(25)23-19)17-8-10-18(11-9-17)24-13-15-27-16-14-24;/h4-5,7-12H,2-3,6,13-16H2,1H3;1H. The van der Waals surface area contributed by atoms with Crippen LogP contribution in [0.5, 0.6) is 0 Å². The number of pyridine rings is 1. The number of anilines is 1. The summed E-state index contributed by atoms with van der Waals surface area (Å²) in [6.07, 6.45) is 4.71.